The van der Waals surface area contributed by atoms with Gasteiger partial charge in [-0.05, 0) is 31.9 Å². The molecule has 0 radical (unpaired) electrons. The van der Waals surface area contributed by atoms with Crippen LogP contribution in [-0.4, -0.2) is 29.0 Å². The van der Waals surface area contributed by atoms with E-state index >= 15 is 0 Å². The fraction of sp³-hybridized carbons (Fsp3) is 0.400. The first-order chi connectivity index (χ1) is 10.6. The number of aryl methyl sites for hydroxylation is 1. The van der Waals surface area contributed by atoms with E-state index in [1.54, 1.807) is 6.20 Å². The van der Waals surface area contributed by atoms with Crippen LogP contribution in [0.1, 0.15) is 18.5 Å². The number of piperidine rings is 1. The minimum atomic E-state index is 0.0350. The Labute approximate surface area is 138 Å². The molecule has 0 spiro atoms. The lowest BCUT2D eigenvalue weighted by atomic mass is 9.96. The fourth-order valence-electron chi connectivity index (χ4n) is 2.54. The summed E-state index contributed by atoms with van der Waals surface area (Å²) in [6, 6.07) is 3.76. The number of amides is 1. The van der Waals surface area contributed by atoms with Gasteiger partial charge >= 0.3 is 0 Å². The van der Waals surface area contributed by atoms with Crippen molar-refractivity contribution in [1.29, 1.82) is 0 Å². The second-order valence-electron chi connectivity index (χ2n) is 5.38. The van der Waals surface area contributed by atoms with Gasteiger partial charge in [0, 0.05) is 30.6 Å². The summed E-state index contributed by atoms with van der Waals surface area (Å²) in [7, 11) is 0. The molecule has 116 valence electrons. The van der Waals surface area contributed by atoms with Gasteiger partial charge in [-0.25, -0.2) is 9.97 Å². The van der Waals surface area contributed by atoms with E-state index in [0.29, 0.717) is 10.2 Å². The number of thiazole rings is 1. The third-order valence-corrected chi connectivity index (χ3v) is 4.85. The number of carbonyl (C=O) groups is 1. The summed E-state index contributed by atoms with van der Waals surface area (Å²) in [5.74, 6) is 1.02. The lowest BCUT2D eigenvalue weighted by Crippen LogP contribution is -2.38. The highest BCUT2D eigenvalue weighted by Crippen LogP contribution is 2.24. The number of halogens is 1. The molecule has 0 saturated carbocycles. The second kappa shape index (κ2) is 6.62. The largest absolute Gasteiger partial charge is 0.357 e. The Balaban J connectivity index is 1.54. The summed E-state index contributed by atoms with van der Waals surface area (Å²) in [4.78, 5) is 23.1. The summed E-state index contributed by atoms with van der Waals surface area (Å²) < 4.78 is 0. The van der Waals surface area contributed by atoms with Gasteiger partial charge in [-0.2, -0.15) is 0 Å². The zero-order chi connectivity index (χ0) is 15.5. The quantitative estimate of drug-likeness (QED) is 0.933. The van der Waals surface area contributed by atoms with Crippen LogP contribution >= 0.6 is 22.9 Å². The molecule has 3 rings (SSSR count). The first kappa shape index (κ1) is 15.2. The molecular weight excluding hydrogens is 320 g/mol. The smallest absolute Gasteiger partial charge is 0.229 e. The van der Waals surface area contributed by atoms with Crippen LogP contribution in [-0.2, 0) is 4.79 Å². The van der Waals surface area contributed by atoms with Crippen LogP contribution < -0.4 is 10.2 Å². The van der Waals surface area contributed by atoms with Gasteiger partial charge in [-0.3, -0.25) is 4.79 Å². The molecule has 1 saturated heterocycles. The fourth-order valence-corrected chi connectivity index (χ4v) is 3.35. The Bertz CT molecular complexity index is 650. The summed E-state index contributed by atoms with van der Waals surface area (Å²) in [6.45, 7) is 3.57. The molecule has 1 N–H and O–H groups in total. The molecule has 2 aromatic rings. The Hall–Kier alpha value is -1.66. The van der Waals surface area contributed by atoms with E-state index in [1.165, 1.54) is 11.3 Å². The number of hydrogen-bond acceptors (Lipinski definition) is 5. The van der Waals surface area contributed by atoms with Gasteiger partial charge in [0.25, 0.3) is 0 Å². The van der Waals surface area contributed by atoms with Gasteiger partial charge in [-0.1, -0.05) is 11.6 Å². The first-order valence-corrected chi connectivity index (χ1v) is 8.47. The summed E-state index contributed by atoms with van der Waals surface area (Å²) in [6.07, 6.45) is 3.29. The van der Waals surface area contributed by atoms with E-state index in [2.05, 4.69) is 20.2 Å². The predicted molar refractivity (Wildman–Crippen MR) is 89.7 cm³/mol. The minimum Gasteiger partial charge on any atom is -0.357 e. The van der Waals surface area contributed by atoms with Crippen LogP contribution in [0, 0.1) is 12.8 Å². The maximum atomic E-state index is 12.3. The molecule has 0 bridgehead atoms. The highest BCUT2D eigenvalue weighted by atomic mass is 35.5. The summed E-state index contributed by atoms with van der Waals surface area (Å²) in [5, 5.41) is 6.17. The van der Waals surface area contributed by atoms with Gasteiger partial charge in [0.05, 0.1) is 10.7 Å². The third-order valence-electron chi connectivity index (χ3n) is 3.75. The maximum absolute atomic E-state index is 12.3. The van der Waals surface area contributed by atoms with Gasteiger partial charge < -0.3 is 10.2 Å². The number of pyridine rings is 1. The molecule has 22 heavy (non-hydrogen) atoms. The van der Waals surface area contributed by atoms with E-state index in [9.17, 15) is 4.79 Å². The molecule has 2 aromatic heterocycles. The zero-order valence-electron chi connectivity index (χ0n) is 12.3. The van der Waals surface area contributed by atoms with Crippen LogP contribution in [0.25, 0.3) is 0 Å². The Kier molecular flexibility index (Phi) is 4.59. The SMILES string of the molecule is Cc1csc(NC(=O)C2CCN(c3ccc(Cl)cn3)CC2)n1. The molecule has 0 atom stereocenters. The number of hydrogen-bond donors (Lipinski definition) is 1. The highest BCUT2D eigenvalue weighted by Gasteiger charge is 2.26. The van der Waals surface area contributed by atoms with Crippen LogP contribution in [0.5, 0.6) is 0 Å². The van der Waals surface area contributed by atoms with Crippen molar-refractivity contribution < 1.29 is 4.79 Å². The lowest BCUT2D eigenvalue weighted by Gasteiger charge is -2.31. The van der Waals surface area contributed by atoms with Crippen molar-refractivity contribution in [3.8, 4) is 0 Å². The molecule has 3 heterocycles. The van der Waals surface area contributed by atoms with Crippen molar-refractivity contribution in [2.45, 2.75) is 19.8 Å². The minimum absolute atomic E-state index is 0.0350. The molecule has 7 heteroatoms. The molecule has 0 aromatic carbocycles. The lowest BCUT2D eigenvalue weighted by molar-refractivity contribution is -0.120. The number of aromatic nitrogens is 2. The average Bonchev–Trinajstić information content (AvgIpc) is 2.93. The molecule has 1 aliphatic rings. The van der Waals surface area contributed by atoms with Crippen molar-refractivity contribution in [2.75, 3.05) is 23.3 Å². The van der Waals surface area contributed by atoms with Crippen LogP contribution in [0.3, 0.4) is 0 Å². The van der Waals surface area contributed by atoms with Crippen LogP contribution in [0.4, 0.5) is 10.9 Å². The van der Waals surface area contributed by atoms with E-state index < -0.39 is 0 Å². The third kappa shape index (κ3) is 3.56. The summed E-state index contributed by atoms with van der Waals surface area (Å²) >= 11 is 7.32. The van der Waals surface area contributed by atoms with Crippen molar-refractivity contribution in [3.05, 3.63) is 34.4 Å². The number of nitrogens with zero attached hydrogens (tertiary/aromatic N) is 3. The van der Waals surface area contributed by atoms with Crippen LogP contribution in [0.2, 0.25) is 5.02 Å². The number of nitrogens with one attached hydrogen (secondary N) is 1. The van der Waals surface area contributed by atoms with Crippen molar-refractivity contribution in [2.24, 2.45) is 5.92 Å². The van der Waals surface area contributed by atoms with Crippen LogP contribution in [0.15, 0.2) is 23.7 Å². The molecule has 0 unspecified atom stereocenters. The van der Waals surface area contributed by atoms with Gasteiger partial charge in [0.1, 0.15) is 5.82 Å². The average molecular weight is 337 g/mol. The van der Waals surface area contributed by atoms with Crippen molar-refractivity contribution in [3.63, 3.8) is 0 Å². The zero-order valence-corrected chi connectivity index (χ0v) is 13.8. The molecule has 5 nitrogen and oxygen atoms in total. The Morgan fingerprint density at radius 3 is 2.77 bits per heavy atom. The number of carbonyl (C=O) groups excluding carboxylic acids is 1. The second-order valence-corrected chi connectivity index (χ2v) is 6.67. The Morgan fingerprint density at radius 2 is 2.18 bits per heavy atom. The highest BCUT2D eigenvalue weighted by molar-refractivity contribution is 7.13. The maximum Gasteiger partial charge on any atom is 0.229 e. The number of anilines is 2. The van der Waals surface area contributed by atoms with Crippen molar-refractivity contribution in [1.82, 2.24) is 9.97 Å². The normalized spacial score (nSPS) is 15.8. The van der Waals surface area contributed by atoms with E-state index in [0.717, 1.165) is 37.4 Å². The molecule has 1 aliphatic heterocycles. The monoisotopic (exact) mass is 336 g/mol. The molecule has 1 fully saturated rings. The standard InChI is InChI=1S/C15H17ClN4OS/c1-10-9-22-15(18-10)19-14(21)11-4-6-20(7-5-11)13-3-2-12(16)8-17-13/h2-3,8-9,11H,4-7H2,1H3,(H,18,19,21). The topological polar surface area (TPSA) is 58.1 Å². The number of rotatable bonds is 3. The molecule has 1 amide bonds. The van der Waals surface area contributed by atoms with Gasteiger partial charge in [0.15, 0.2) is 5.13 Å². The summed E-state index contributed by atoms with van der Waals surface area (Å²) in [5.41, 5.74) is 0.934. The van der Waals surface area contributed by atoms with E-state index in [-0.39, 0.29) is 11.8 Å². The molecule has 0 aliphatic carbocycles. The Morgan fingerprint density at radius 1 is 1.41 bits per heavy atom. The van der Waals surface area contributed by atoms with Crippen molar-refractivity contribution >= 4 is 39.8 Å². The predicted octanol–water partition coefficient (Wildman–Crippen LogP) is 3.36. The van der Waals surface area contributed by atoms with E-state index in [4.69, 9.17) is 11.6 Å². The van der Waals surface area contributed by atoms with Gasteiger partial charge in [-0.15, -0.1) is 11.3 Å². The molecular formula is C15H17ClN4OS. The first-order valence-electron chi connectivity index (χ1n) is 7.21. The van der Waals surface area contributed by atoms with E-state index in [1.807, 2.05) is 24.4 Å². The van der Waals surface area contributed by atoms with Gasteiger partial charge in [0.2, 0.25) is 5.91 Å².